The maximum Gasteiger partial charge on any atom is 0.219 e. The van der Waals surface area contributed by atoms with E-state index in [1.165, 1.54) is 6.08 Å². The predicted octanol–water partition coefficient (Wildman–Crippen LogP) is 1.69. The molecule has 1 atom stereocenters. The van der Waals surface area contributed by atoms with Gasteiger partial charge >= 0.3 is 0 Å². The molecule has 0 saturated heterocycles. The van der Waals surface area contributed by atoms with Crippen molar-refractivity contribution < 1.29 is 9.28 Å². The zero-order valence-corrected chi connectivity index (χ0v) is 11.5. The molecular formula is C15H23N2O+. The Morgan fingerprint density at radius 2 is 1.94 bits per heavy atom. The maximum atomic E-state index is 12.4. The van der Waals surface area contributed by atoms with Crippen molar-refractivity contribution in [3.05, 3.63) is 48.6 Å². The Hall–Kier alpha value is -1.45. The summed E-state index contributed by atoms with van der Waals surface area (Å²) in [7, 11) is 4.06. The minimum absolute atomic E-state index is 0.0205. The van der Waals surface area contributed by atoms with Crippen LogP contribution in [0.4, 0.5) is 0 Å². The number of carbonyl (C=O) groups is 1. The smallest absolute Gasteiger partial charge is 0.219 e. The van der Waals surface area contributed by atoms with Crippen molar-refractivity contribution in [3.8, 4) is 0 Å². The zero-order chi connectivity index (χ0) is 13.8. The van der Waals surface area contributed by atoms with E-state index >= 15 is 0 Å². The van der Waals surface area contributed by atoms with Gasteiger partial charge in [0.15, 0.2) is 5.54 Å². The molecule has 0 radical (unpaired) electrons. The molecule has 1 aromatic rings. The molecule has 0 aromatic heterocycles. The molecule has 0 aliphatic carbocycles. The van der Waals surface area contributed by atoms with E-state index in [0.717, 1.165) is 12.1 Å². The molecule has 0 aliphatic rings. The molecule has 1 aromatic carbocycles. The van der Waals surface area contributed by atoms with E-state index in [2.05, 4.69) is 6.58 Å². The van der Waals surface area contributed by atoms with Crippen LogP contribution in [0.5, 0.6) is 0 Å². The van der Waals surface area contributed by atoms with E-state index in [0.29, 0.717) is 11.0 Å². The third kappa shape index (κ3) is 2.37. The van der Waals surface area contributed by atoms with Crippen LogP contribution in [0, 0.1) is 0 Å². The van der Waals surface area contributed by atoms with Crippen molar-refractivity contribution >= 4 is 5.78 Å². The number of rotatable bonds is 6. The predicted molar refractivity (Wildman–Crippen MR) is 75.0 cm³/mol. The summed E-state index contributed by atoms with van der Waals surface area (Å²) >= 11 is 0. The molecule has 0 fully saturated rings. The van der Waals surface area contributed by atoms with Gasteiger partial charge in [0, 0.05) is 19.0 Å². The highest BCUT2D eigenvalue weighted by Gasteiger charge is 2.47. The largest absolute Gasteiger partial charge is 0.326 e. The Morgan fingerprint density at radius 3 is 2.39 bits per heavy atom. The number of carbonyl (C=O) groups excluding carboxylic acids is 1. The number of hydrogen-bond donors (Lipinski definition) is 1. The van der Waals surface area contributed by atoms with Crippen LogP contribution in [0.25, 0.3) is 0 Å². The minimum Gasteiger partial charge on any atom is -0.326 e. The Bertz CT molecular complexity index is 425. The van der Waals surface area contributed by atoms with E-state index in [-0.39, 0.29) is 5.78 Å². The van der Waals surface area contributed by atoms with E-state index < -0.39 is 5.54 Å². The van der Waals surface area contributed by atoms with Crippen molar-refractivity contribution in [1.82, 2.24) is 0 Å². The number of nitrogens with two attached hydrogens (primary N) is 1. The summed E-state index contributed by atoms with van der Waals surface area (Å²) in [6, 6.07) is 9.82. The normalized spacial score (nSPS) is 14.9. The summed E-state index contributed by atoms with van der Waals surface area (Å²) in [5.41, 5.74) is 6.02. The van der Waals surface area contributed by atoms with Gasteiger partial charge < -0.3 is 10.2 Å². The second-order valence-corrected chi connectivity index (χ2v) is 5.20. The zero-order valence-electron chi connectivity index (χ0n) is 11.5. The minimum atomic E-state index is -0.650. The Morgan fingerprint density at radius 1 is 1.39 bits per heavy atom. The third-order valence-electron chi connectivity index (χ3n) is 3.90. The molecule has 0 saturated carbocycles. The Labute approximate surface area is 109 Å². The summed E-state index contributed by atoms with van der Waals surface area (Å²) < 4.78 is 0.512. The van der Waals surface area contributed by atoms with E-state index in [1.54, 1.807) is 0 Å². The van der Waals surface area contributed by atoms with Crippen LogP contribution in [-0.2, 0) is 10.3 Å². The summed E-state index contributed by atoms with van der Waals surface area (Å²) in [6.07, 6.45) is 1.41. The lowest BCUT2D eigenvalue weighted by atomic mass is 9.84. The lowest BCUT2D eigenvalue weighted by Crippen LogP contribution is -2.61. The lowest BCUT2D eigenvalue weighted by Gasteiger charge is -2.45. The van der Waals surface area contributed by atoms with E-state index in [4.69, 9.17) is 5.73 Å². The van der Waals surface area contributed by atoms with Crippen molar-refractivity contribution in [2.24, 2.45) is 5.73 Å². The first-order chi connectivity index (χ1) is 8.40. The Kier molecular flexibility index (Phi) is 4.43. The van der Waals surface area contributed by atoms with E-state index in [1.807, 2.05) is 51.4 Å². The average Bonchev–Trinajstić information content (AvgIpc) is 2.37. The first-order valence-corrected chi connectivity index (χ1v) is 6.15. The third-order valence-corrected chi connectivity index (χ3v) is 3.90. The van der Waals surface area contributed by atoms with Crippen LogP contribution in [0.15, 0.2) is 43.0 Å². The van der Waals surface area contributed by atoms with Crippen molar-refractivity contribution in [3.63, 3.8) is 0 Å². The highest BCUT2D eigenvalue weighted by Crippen LogP contribution is 2.33. The van der Waals surface area contributed by atoms with Gasteiger partial charge in [-0.3, -0.25) is 4.79 Å². The first-order valence-electron chi connectivity index (χ1n) is 6.15. The van der Waals surface area contributed by atoms with Gasteiger partial charge in [-0.25, -0.2) is 0 Å². The number of ketones is 1. The lowest BCUT2D eigenvalue weighted by molar-refractivity contribution is -0.935. The van der Waals surface area contributed by atoms with Crippen LogP contribution in [0.1, 0.15) is 12.5 Å². The van der Waals surface area contributed by atoms with Gasteiger partial charge in [0.2, 0.25) is 5.78 Å². The van der Waals surface area contributed by atoms with Gasteiger partial charge in [-0.05, 0) is 6.08 Å². The molecule has 1 unspecified atom stereocenters. The number of benzene rings is 1. The van der Waals surface area contributed by atoms with Crippen LogP contribution in [-0.4, -0.2) is 37.5 Å². The summed E-state index contributed by atoms with van der Waals surface area (Å²) in [6.45, 7) is 6.86. The Balaban J connectivity index is 3.36. The fourth-order valence-electron chi connectivity index (χ4n) is 2.30. The van der Waals surface area contributed by atoms with Gasteiger partial charge in [-0.1, -0.05) is 36.9 Å². The van der Waals surface area contributed by atoms with Crippen LogP contribution in [0.2, 0.25) is 0 Å². The molecule has 0 spiro atoms. The molecule has 0 heterocycles. The molecule has 0 amide bonds. The van der Waals surface area contributed by atoms with Gasteiger partial charge in [0.1, 0.15) is 0 Å². The van der Waals surface area contributed by atoms with Crippen molar-refractivity contribution in [2.75, 3.05) is 27.2 Å². The molecule has 0 bridgehead atoms. The summed E-state index contributed by atoms with van der Waals surface area (Å²) in [4.78, 5) is 12.4. The fourth-order valence-corrected chi connectivity index (χ4v) is 2.30. The maximum absolute atomic E-state index is 12.4. The summed E-state index contributed by atoms with van der Waals surface area (Å²) in [5, 5.41) is 0. The van der Waals surface area contributed by atoms with Gasteiger partial charge in [0.25, 0.3) is 0 Å². The second kappa shape index (κ2) is 5.46. The topological polar surface area (TPSA) is 43.1 Å². The van der Waals surface area contributed by atoms with Gasteiger partial charge in [-0.2, -0.15) is 0 Å². The monoisotopic (exact) mass is 247 g/mol. The highest BCUT2D eigenvalue weighted by atomic mass is 16.1. The van der Waals surface area contributed by atoms with Crippen molar-refractivity contribution in [2.45, 2.75) is 12.5 Å². The fraction of sp³-hybridized carbons (Fsp3) is 0.400. The number of hydrogen-bond acceptors (Lipinski definition) is 2. The second-order valence-electron chi connectivity index (χ2n) is 5.20. The number of nitrogens with zero attached hydrogens (tertiary/aromatic N) is 1. The quantitative estimate of drug-likeness (QED) is 0.614. The standard InChI is InChI=1S/C15H23N2O/c1-5-14(18)15(2,17(3,4)12-11-16)13-9-7-6-8-10-13/h5-10H,1,11-12,16H2,2-4H3/q+1. The first kappa shape index (κ1) is 14.6. The van der Waals surface area contributed by atoms with Gasteiger partial charge in [0.05, 0.1) is 20.6 Å². The average molecular weight is 247 g/mol. The molecule has 98 valence electrons. The van der Waals surface area contributed by atoms with E-state index in [9.17, 15) is 4.79 Å². The molecule has 0 aliphatic heterocycles. The van der Waals surface area contributed by atoms with Crippen LogP contribution >= 0.6 is 0 Å². The number of likely N-dealkylation sites (N-methyl/N-ethyl adjacent to an activating group) is 1. The molecule has 1 rings (SSSR count). The summed E-state index contributed by atoms with van der Waals surface area (Å²) in [5.74, 6) is 0.0205. The van der Waals surface area contributed by atoms with Crippen LogP contribution < -0.4 is 5.73 Å². The number of quaternary nitrogens is 1. The van der Waals surface area contributed by atoms with Gasteiger partial charge in [-0.15, -0.1) is 0 Å². The molecule has 3 nitrogen and oxygen atoms in total. The van der Waals surface area contributed by atoms with Crippen LogP contribution in [0.3, 0.4) is 0 Å². The molecule has 2 N–H and O–H groups in total. The molecular weight excluding hydrogens is 224 g/mol. The molecule has 18 heavy (non-hydrogen) atoms. The SMILES string of the molecule is C=CC(=O)C(C)(c1ccccc1)[N+](C)(C)CCN. The van der Waals surface area contributed by atoms with Crippen molar-refractivity contribution in [1.29, 1.82) is 0 Å². The highest BCUT2D eigenvalue weighted by molar-refractivity contribution is 5.96. The molecule has 3 heteroatoms.